The Morgan fingerprint density at radius 3 is 2.60 bits per heavy atom. The van der Waals surface area contributed by atoms with E-state index in [1.54, 1.807) is 0 Å². The summed E-state index contributed by atoms with van der Waals surface area (Å²) in [4.78, 5) is 13.7. The molecular formula is C11H22N2O2. The lowest BCUT2D eigenvalue weighted by Crippen LogP contribution is -2.47. The van der Waals surface area contributed by atoms with E-state index in [-0.39, 0.29) is 18.6 Å². The van der Waals surface area contributed by atoms with Crippen LogP contribution in [-0.2, 0) is 4.79 Å². The van der Waals surface area contributed by atoms with Crippen molar-refractivity contribution < 1.29 is 9.90 Å². The fourth-order valence-electron chi connectivity index (χ4n) is 2.00. The van der Waals surface area contributed by atoms with Crippen molar-refractivity contribution in [2.75, 3.05) is 19.7 Å². The average molecular weight is 214 g/mol. The lowest BCUT2D eigenvalue weighted by atomic mass is 9.97. The number of hydrogen-bond donors (Lipinski definition) is 2. The van der Waals surface area contributed by atoms with Crippen LogP contribution in [0.4, 0.5) is 0 Å². The maximum absolute atomic E-state index is 11.8. The van der Waals surface area contributed by atoms with Gasteiger partial charge in [-0.1, -0.05) is 13.3 Å². The maximum atomic E-state index is 11.8. The highest BCUT2D eigenvalue weighted by atomic mass is 16.3. The average Bonchev–Trinajstić information content (AvgIpc) is 2.28. The van der Waals surface area contributed by atoms with Crippen LogP contribution in [-0.4, -0.2) is 41.7 Å². The summed E-state index contributed by atoms with van der Waals surface area (Å²) in [6.07, 6.45) is 3.51. The lowest BCUT2D eigenvalue weighted by molar-refractivity contribution is -0.134. The summed E-state index contributed by atoms with van der Waals surface area (Å²) in [5.41, 5.74) is 5.79. The normalized spacial score (nSPS) is 20.3. The number of hydrogen-bond acceptors (Lipinski definition) is 3. The monoisotopic (exact) mass is 214 g/mol. The van der Waals surface area contributed by atoms with Gasteiger partial charge in [-0.25, -0.2) is 0 Å². The fourth-order valence-corrected chi connectivity index (χ4v) is 2.00. The number of carbonyl (C=O) groups is 1. The lowest BCUT2D eigenvalue weighted by Gasteiger charge is -2.32. The molecule has 0 aliphatic carbocycles. The van der Waals surface area contributed by atoms with Gasteiger partial charge in [-0.15, -0.1) is 0 Å². The van der Waals surface area contributed by atoms with E-state index in [1.807, 2.05) is 11.8 Å². The van der Waals surface area contributed by atoms with Crippen molar-refractivity contribution in [3.8, 4) is 0 Å². The Morgan fingerprint density at radius 2 is 2.13 bits per heavy atom. The van der Waals surface area contributed by atoms with Gasteiger partial charge < -0.3 is 15.7 Å². The Bertz CT molecular complexity index is 201. The molecule has 88 valence electrons. The predicted octanol–water partition coefficient (Wildman–Crippen LogP) is 0.345. The summed E-state index contributed by atoms with van der Waals surface area (Å²) in [5.74, 6) is 0.449. The van der Waals surface area contributed by atoms with Crippen LogP contribution in [0, 0.1) is 5.92 Å². The van der Waals surface area contributed by atoms with Gasteiger partial charge in [0.05, 0.1) is 6.04 Å². The molecule has 1 saturated heterocycles. The molecule has 0 unspecified atom stereocenters. The smallest absolute Gasteiger partial charge is 0.239 e. The molecule has 0 aromatic heterocycles. The summed E-state index contributed by atoms with van der Waals surface area (Å²) >= 11 is 0. The molecule has 0 aromatic carbocycles. The van der Waals surface area contributed by atoms with Crippen LogP contribution >= 0.6 is 0 Å². The van der Waals surface area contributed by atoms with Crippen molar-refractivity contribution in [3.05, 3.63) is 0 Å². The van der Waals surface area contributed by atoms with E-state index in [0.29, 0.717) is 5.92 Å². The van der Waals surface area contributed by atoms with Crippen molar-refractivity contribution >= 4 is 5.91 Å². The molecule has 1 heterocycles. The number of amides is 1. The molecule has 15 heavy (non-hydrogen) atoms. The molecule has 1 aliphatic heterocycles. The Balaban J connectivity index is 2.35. The van der Waals surface area contributed by atoms with Crippen LogP contribution in [0.5, 0.6) is 0 Å². The van der Waals surface area contributed by atoms with Gasteiger partial charge in [0.1, 0.15) is 0 Å². The van der Waals surface area contributed by atoms with Gasteiger partial charge in [-0.3, -0.25) is 4.79 Å². The first-order valence-corrected chi connectivity index (χ1v) is 5.84. The minimum atomic E-state index is -0.333. The van der Waals surface area contributed by atoms with Crippen molar-refractivity contribution in [2.45, 2.75) is 38.6 Å². The topological polar surface area (TPSA) is 66.6 Å². The molecule has 0 saturated carbocycles. The largest absolute Gasteiger partial charge is 0.396 e. The van der Waals surface area contributed by atoms with Crippen LogP contribution < -0.4 is 5.73 Å². The SMILES string of the molecule is CCC[C@@H](N)C(=O)N1CCC(CO)CC1. The molecule has 4 nitrogen and oxygen atoms in total. The maximum Gasteiger partial charge on any atom is 0.239 e. The van der Waals surface area contributed by atoms with Crippen molar-refractivity contribution in [1.29, 1.82) is 0 Å². The Morgan fingerprint density at radius 1 is 1.53 bits per heavy atom. The molecule has 3 N–H and O–H groups in total. The zero-order valence-electron chi connectivity index (χ0n) is 9.48. The van der Waals surface area contributed by atoms with E-state index in [0.717, 1.165) is 38.8 Å². The second kappa shape index (κ2) is 6.08. The van der Waals surface area contributed by atoms with Crippen molar-refractivity contribution in [2.24, 2.45) is 11.7 Å². The zero-order valence-corrected chi connectivity index (χ0v) is 9.48. The second-order valence-corrected chi connectivity index (χ2v) is 4.35. The van der Waals surface area contributed by atoms with Crippen LogP contribution in [0.1, 0.15) is 32.6 Å². The van der Waals surface area contributed by atoms with E-state index in [4.69, 9.17) is 10.8 Å². The van der Waals surface area contributed by atoms with Gasteiger partial charge in [0.15, 0.2) is 0 Å². The first kappa shape index (κ1) is 12.5. The minimum absolute atomic E-state index is 0.0771. The third-order valence-electron chi connectivity index (χ3n) is 3.10. The van der Waals surface area contributed by atoms with Gasteiger partial charge in [0.25, 0.3) is 0 Å². The molecule has 1 fully saturated rings. The fraction of sp³-hybridized carbons (Fsp3) is 0.909. The summed E-state index contributed by atoms with van der Waals surface area (Å²) in [7, 11) is 0. The van der Waals surface area contributed by atoms with Gasteiger partial charge in [0, 0.05) is 19.7 Å². The molecule has 1 amide bonds. The van der Waals surface area contributed by atoms with Gasteiger partial charge in [-0.05, 0) is 25.2 Å². The van der Waals surface area contributed by atoms with E-state index in [2.05, 4.69) is 0 Å². The quantitative estimate of drug-likeness (QED) is 0.709. The predicted molar refractivity (Wildman–Crippen MR) is 59.3 cm³/mol. The molecular weight excluding hydrogens is 192 g/mol. The molecule has 0 spiro atoms. The van der Waals surface area contributed by atoms with Gasteiger partial charge >= 0.3 is 0 Å². The Hall–Kier alpha value is -0.610. The molecule has 1 atom stereocenters. The highest BCUT2D eigenvalue weighted by Gasteiger charge is 2.25. The third kappa shape index (κ3) is 3.47. The standard InChI is InChI=1S/C11H22N2O2/c1-2-3-10(12)11(15)13-6-4-9(8-14)5-7-13/h9-10,14H,2-8,12H2,1H3/t10-/m1/s1. The van der Waals surface area contributed by atoms with E-state index in [1.165, 1.54) is 0 Å². The molecule has 0 radical (unpaired) electrons. The van der Waals surface area contributed by atoms with E-state index in [9.17, 15) is 4.79 Å². The molecule has 1 aliphatic rings. The third-order valence-corrected chi connectivity index (χ3v) is 3.10. The van der Waals surface area contributed by atoms with Crippen LogP contribution in [0.15, 0.2) is 0 Å². The van der Waals surface area contributed by atoms with Crippen LogP contribution in [0.2, 0.25) is 0 Å². The highest BCUT2D eigenvalue weighted by Crippen LogP contribution is 2.17. The first-order chi connectivity index (χ1) is 7.19. The van der Waals surface area contributed by atoms with Crippen LogP contribution in [0.3, 0.4) is 0 Å². The number of aliphatic hydroxyl groups excluding tert-OH is 1. The number of nitrogens with zero attached hydrogens (tertiary/aromatic N) is 1. The first-order valence-electron chi connectivity index (χ1n) is 5.84. The number of rotatable bonds is 4. The summed E-state index contributed by atoms with van der Waals surface area (Å²) in [6.45, 7) is 3.77. The second-order valence-electron chi connectivity index (χ2n) is 4.35. The zero-order chi connectivity index (χ0) is 11.3. The minimum Gasteiger partial charge on any atom is -0.396 e. The number of nitrogens with two attached hydrogens (primary N) is 1. The summed E-state index contributed by atoms with van der Waals surface area (Å²) < 4.78 is 0. The molecule has 0 aromatic rings. The number of aliphatic hydroxyl groups is 1. The molecule has 4 heteroatoms. The highest BCUT2D eigenvalue weighted by molar-refractivity contribution is 5.81. The van der Waals surface area contributed by atoms with Crippen molar-refractivity contribution in [1.82, 2.24) is 4.90 Å². The summed E-state index contributed by atoms with van der Waals surface area (Å²) in [5, 5.41) is 8.98. The van der Waals surface area contributed by atoms with Gasteiger partial charge in [0.2, 0.25) is 5.91 Å². The summed E-state index contributed by atoms with van der Waals surface area (Å²) in [6, 6.07) is -0.333. The molecule has 0 bridgehead atoms. The van der Waals surface area contributed by atoms with Crippen molar-refractivity contribution in [3.63, 3.8) is 0 Å². The number of piperidine rings is 1. The Labute approximate surface area is 91.4 Å². The van der Waals surface area contributed by atoms with E-state index >= 15 is 0 Å². The number of carbonyl (C=O) groups excluding carboxylic acids is 1. The number of likely N-dealkylation sites (tertiary alicyclic amines) is 1. The van der Waals surface area contributed by atoms with Crippen LogP contribution in [0.25, 0.3) is 0 Å². The molecule has 1 rings (SSSR count). The Kier molecular flexibility index (Phi) is 5.05. The van der Waals surface area contributed by atoms with Gasteiger partial charge in [-0.2, -0.15) is 0 Å². The van der Waals surface area contributed by atoms with E-state index < -0.39 is 0 Å².